The number of likely N-dealkylation sites (tertiary alicyclic amines) is 1. The molecule has 1 N–H and O–H groups in total. The van der Waals surface area contributed by atoms with Crippen molar-refractivity contribution in [3.8, 4) is 16.9 Å². The molecule has 176 valence electrons. The minimum atomic E-state index is -0.572. The van der Waals surface area contributed by atoms with E-state index in [1.165, 1.54) is 12.1 Å². The van der Waals surface area contributed by atoms with Crippen molar-refractivity contribution in [1.29, 1.82) is 0 Å². The van der Waals surface area contributed by atoms with E-state index < -0.39 is 5.41 Å². The van der Waals surface area contributed by atoms with E-state index in [9.17, 15) is 14.0 Å². The molecule has 2 aliphatic rings. The van der Waals surface area contributed by atoms with E-state index in [1.54, 1.807) is 13.2 Å². The summed E-state index contributed by atoms with van der Waals surface area (Å²) in [5, 5.41) is 3.07. The highest BCUT2D eigenvalue weighted by atomic mass is 19.1. The number of carbonyl (C=O) groups is 2. The first kappa shape index (κ1) is 23.2. The molecule has 0 bridgehead atoms. The topological polar surface area (TPSA) is 67.9 Å². The minimum Gasteiger partial charge on any atom is -0.496 e. The van der Waals surface area contributed by atoms with Crippen molar-refractivity contribution in [2.75, 3.05) is 40.0 Å². The summed E-state index contributed by atoms with van der Waals surface area (Å²) in [5.74, 6) is 0.442. The van der Waals surface area contributed by atoms with Gasteiger partial charge in [0.2, 0.25) is 11.8 Å². The third-order valence-electron chi connectivity index (χ3n) is 6.71. The summed E-state index contributed by atoms with van der Waals surface area (Å²) in [6, 6.07) is 12.3. The molecular formula is C26H31FN2O4. The molecule has 0 saturated carbocycles. The number of nitrogens with one attached hydrogen (secondary N) is 1. The van der Waals surface area contributed by atoms with Crippen LogP contribution in [0.2, 0.25) is 0 Å². The van der Waals surface area contributed by atoms with Crippen molar-refractivity contribution in [2.24, 2.45) is 5.41 Å². The zero-order valence-corrected chi connectivity index (χ0v) is 19.1. The molecule has 0 atom stereocenters. The number of carbonyl (C=O) groups excluding carboxylic acids is 2. The van der Waals surface area contributed by atoms with Crippen LogP contribution in [0.1, 0.15) is 31.2 Å². The summed E-state index contributed by atoms with van der Waals surface area (Å²) in [6.45, 7) is 2.84. The maximum atomic E-state index is 13.9. The monoisotopic (exact) mass is 454 g/mol. The van der Waals surface area contributed by atoms with Crippen molar-refractivity contribution >= 4 is 11.8 Å². The maximum absolute atomic E-state index is 13.9. The molecule has 0 spiro atoms. The minimum absolute atomic E-state index is 0.00573. The number of methoxy groups -OCH3 is 1. The fourth-order valence-electron chi connectivity index (χ4n) is 4.82. The van der Waals surface area contributed by atoms with Crippen LogP contribution in [0.3, 0.4) is 0 Å². The van der Waals surface area contributed by atoms with Crippen molar-refractivity contribution in [3.63, 3.8) is 0 Å². The van der Waals surface area contributed by atoms with Gasteiger partial charge in [0.15, 0.2) is 0 Å². The van der Waals surface area contributed by atoms with Crippen molar-refractivity contribution in [1.82, 2.24) is 10.2 Å². The van der Waals surface area contributed by atoms with Crippen LogP contribution in [0.25, 0.3) is 11.1 Å². The lowest BCUT2D eigenvalue weighted by molar-refractivity contribution is -0.137. The molecule has 7 heteroatoms. The highest BCUT2D eigenvalue weighted by molar-refractivity contribution is 5.83. The van der Waals surface area contributed by atoms with E-state index >= 15 is 0 Å². The second-order valence-electron chi connectivity index (χ2n) is 8.85. The van der Waals surface area contributed by atoms with Crippen LogP contribution >= 0.6 is 0 Å². The summed E-state index contributed by atoms with van der Waals surface area (Å²) < 4.78 is 24.9. The first-order chi connectivity index (χ1) is 16.0. The van der Waals surface area contributed by atoms with Gasteiger partial charge in [0.05, 0.1) is 12.5 Å². The van der Waals surface area contributed by atoms with Gasteiger partial charge in [-0.2, -0.15) is 0 Å². The van der Waals surface area contributed by atoms with Crippen LogP contribution in [-0.4, -0.2) is 56.7 Å². The van der Waals surface area contributed by atoms with Crippen LogP contribution in [0.4, 0.5) is 4.39 Å². The molecule has 2 amide bonds. The van der Waals surface area contributed by atoms with Crippen molar-refractivity contribution < 1.29 is 23.5 Å². The summed E-state index contributed by atoms with van der Waals surface area (Å²) in [6.07, 6.45) is 3.32. The Bertz CT molecular complexity index is 1000. The molecule has 0 aliphatic carbocycles. The van der Waals surface area contributed by atoms with Gasteiger partial charge in [0.25, 0.3) is 0 Å². The molecule has 6 nitrogen and oxygen atoms in total. The number of benzene rings is 2. The summed E-state index contributed by atoms with van der Waals surface area (Å²) in [7, 11) is 1.57. The number of nitrogens with zero attached hydrogens (tertiary/aromatic N) is 1. The molecule has 2 aromatic carbocycles. The zero-order valence-electron chi connectivity index (χ0n) is 19.1. The van der Waals surface area contributed by atoms with E-state index in [0.717, 1.165) is 24.1 Å². The third-order valence-corrected chi connectivity index (χ3v) is 6.71. The highest BCUT2D eigenvalue weighted by Gasteiger charge is 2.40. The molecular weight excluding hydrogens is 423 g/mol. The summed E-state index contributed by atoms with van der Waals surface area (Å²) in [5.41, 5.74) is 1.96. The van der Waals surface area contributed by atoms with E-state index in [0.29, 0.717) is 63.3 Å². The quantitative estimate of drug-likeness (QED) is 0.662. The Labute approximate surface area is 194 Å². The van der Waals surface area contributed by atoms with E-state index in [4.69, 9.17) is 9.47 Å². The Kier molecular flexibility index (Phi) is 7.28. The predicted molar refractivity (Wildman–Crippen MR) is 123 cm³/mol. The summed E-state index contributed by atoms with van der Waals surface area (Å²) in [4.78, 5) is 27.0. The van der Waals surface area contributed by atoms with Gasteiger partial charge in [0, 0.05) is 44.8 Å². The number of ether oxygens (including phenoxy) is 2. The third kappa shape index (κ3) is 5.36. The zero-order chi connectivity index (χ0) is 23.3. The van der Waals surface area contributed by atoms with Crippen LogP contribution < -0.4 is 10.1 Å². The largest absolute Gasteiger partial charge is 0.496 e. The average molecular weight is 455 g/mol. The first-order valence-electron chi connectivity index (χ1n) is 11.6. The molecule has 0 aromatic heterocycles. The van der Waals surface area contributed by atoms with Gasteiger partial charge in [-0.05, 0) is 55.0 Å². The van der Waals surface area contributed by atoms with Gasteiger partial charge in [-0.1, -0.05) is 24.3 Å². The fourth-order valence-corrected chi connectivity index (χ4v) is 4.82. The average Bonchev–Trinajstić information content (AvgIpc) is 3.24. The molecule has 2 heterocycles. The number of rotatable bonds is 8. The Hall–Kier alpha value is -2.93. The number of halogens is 1. The highest BCUT2D eigenvalue weighted by Crippen LogP contribution is 2.37. The SMILES string of the molecule is COc1ccc(F)cc1-c1cccc(CC2(C(=O)NCCN3CCCC3=O)CCOCC2)c1. The van der Waals surface area contributed by atoms with Crippen molar-refractivity contribution in [3.05, 3.63) is 53.8 Å². The van der Waals surface area contributed by atoms with E-state index in [1.807, 2.05) is 29.2 Å². The maximum Gasteiger partial charge on any atom is 0.226 e. The number of hydrogen-bond donors (Lipinski definition) is 1. The second-order valence-corrected chi connectivity index (χ2v) is 8.85. The molecule has 2 saturated heterocycles. The van der Waals surface area contributed by atoms with Crippen molar-refractivity contribution in [2.45, 2.75) is 32.1 Å². The van der Waals surface area contributed by atoms with Crippen LogP contribution in [-0.2, 0) is 20.7 Å². The normalized spacial score (nSPS) is 17.8. The van der Waals surface area contributed by atoms with Gasteiger partial charge in [-0.25, -0.2) is 4.39 Å². The lowest BCUT2D eigenvalue weighted by Gasteiger charge is -2.36. The summed E-state index contributed by atoms with van der Waals surface area (Å²) >= 11 is 0. The molecule has 4 rings (SSSR count). The number of amides is 2. The van der Waals surface area contributed by atoms with Gasteiger partial charge < -0.3 is 19.7 Å². The second kappa shape index (κ2) is 10.3. The smallest absolute Gasteiger partial charge is 0.226 e. The lowest BCUT2D eigenvalue weighted by atomic mass is 9.74. The molecule has 0 radical (unpaired) electrons. The Morgan fingerprint density at radius 2 is 2.03 bits per heavy atom. The van der Waals surface area contributed by atoms with Gasteiger partial charge >= 0.3 is 0 Å². The first-order valence-corrected chi connectivity index (χ1v) is 11.6. The number of hydrogen-bond acceptors (Lipinski definition) is 4. The van der Waals surface area contributed by atoms with E-state index in [2.05, 4.69) is 5.32 Å². The lowest BCUT2D eigenvalue weighted by Crippen LogP contribution is -2.48. The Morgan fingerprint density at radius 3 is 2.76 bits per heavy atom. The van der Waals surface area contributed by atoms with Crippen LogP contribution in [0.15, 0.2) is 42.5 Å². The molecule has 2 fully saturated rings. The van der Waals surface area contributed by atoms with Gasteiger partial charge in [0.1, 0.15) is 11.6 Å². The molecule has 2 aliphatic heterocycles. The van der Waals surface area contributed by atoms with Gasteiger partial charge in [-0.15, -0.1) is 0 Å². The standard InChI is InChI=1S/C26H31FN2O4/c1-32-23-8-7-21(27)17-22(23)20-5-2-4-19(16-20)18-26(9-14-33-15-10-26)25(31)28-11-13-29-12-3-6-24(29)30/h2,4-5,7-8,16-17H,3,6,9-15,18H2,1H3,(H,28,31). The van der Waals surface area contributed by atoms with Crippen LogP contribution in [0, 0.1) is 11.2 Å². The Balaban J connectivity index is 1.50. The van der Waals surface area contributed by atoms with Crippen LogP contribution in [0.5, 0.6) is 5.75 Å². The molecule has 0 unspecified atom stereocenters. The fraction of sp³-hybridized carbons (Fsp3) is 0.462. The Morgan fingerprint density at radius 1 is 1.21 bits per heavy atom. The van der Waals surface area contributed by atoms with E-state index in [-0.39, 0.29) is 17.6 Å². The molecule has 2 aromatic rings. The predicted octanol–water partition coefficient (Wildman–Crippen LogP) is 3.58. The van der Waals surface area contributed by atoms with Gasteiger partial charge in [-0.3, -0.25) is 9.59 Å². The molecule has 33 heavy (non-hydrogen) atoms.